The molecule has 2 aromatic rings. The Kier molecular flexibility index (Phi) is 3.26. The van der Waals surface area contributed by atoms with E-state index in [0.717, 1.165) is 10.6 Å². The first-order valence-corrected chi connectivity index (χ1v) is 7.08. The summed E-state index contributed by atoms with van der Waals surface area (Å²) >= 11 is 7.50. The molecule has 0 spiro atoms. The lowest BCUT2D eigenvalue weighted by Crippen LogP contribution is -2.53. The second kappa shape index (κ2) is 4.92. The van der Waals surface area contributed by atoms with Gasteiger partial charge in [-0.1, -0.05) is 29.8 Å². The number of aliphatic hydroxyl groups is 1. The number of nitrogens with zero attached hydrogens (tertiary/aromatic N) is 2. The molecule has 1 aromatic heterocycles. The minimum Gasteiger partial charge on any atom is -0.389 e. The smallest absolute Gasteiger partial charge is 0.273 e. The predicted molar refractivity (Wildman–Crippen MR) is 74.5 cm³/mol. The molecule has 1 saturated heterocycles. The van der Waals surface area contributed by atoms with Gasteiger partial charge in [0, 0.05) is 24.0 Å². The van der Waals surface area contributed by atoms with Crippen LogP contribution in [0.2, 0.25) is 5.02 Å². The molecule has 0 unspecified atom stereocenters. The summed E-state index contributed by atoms with van der Waals surface area (Å²) in [5.74, 6) is -0.139. The zero-order chi connectivity index (χ0) is 13.4. The highest BCUT2D eigenvalue weighted by atomic mass is 35.5. The van der Waals surface area contributed by atoms with E-state index in [1.165, 1.54) is 11.3 Å². The molecule has 3 rings (SSSR count). The summed E-state index contributed by atoms with van der Waals surface area (Å²) in [5, 5.41) is 12.3. The van der Waals surface area contributed by atoms with Crippen LogP contribution in [0.25, 0.3) is 10.6 Å². The molecule has 1 fully saturated rings. The van der Waals surface area contributed by atoms with Crippen LogP contribution in [0.5, 0.6) is 0 Å². The lowest BCUT2D eigenvalue weighted by Gasteiger charge is -2.35. The van der Waals surface area contributed by atoms with Gasteiger partial charge in [-0.2, -0.15) is 0 Å². The zero-order valence-corrected chi connectivity index (χ0v) is 11.5. The van der Waals surface area contributed by atoms with Gasteiger partial charge in [0.25, 0.3) is 5.91 Å². The second-order valence-corrected chi connectivity index (χ2v) is 5.65. The van der Waals surface area contributed by atoms with Gasteiger partial charge in [-0.05, 0) is 6.07 Å². The summed E-state index contributed by atoms with van der Waals surface area (Å²) in [5.41, 5.74) is 1.24. The van der Waals surface area contributed by atoms with Crippen molar-refractivity contribution in [3.05, 3.63) is 40.4 Å². The Morgan fingerprint density at radius 3 is 2.84 bits per heavy atom. The molecule has 4 nitrogen and oxygen atoms in total. The number of thiazole rings is 1. The topological polar surface area (TPSA) is 53.4 Å². The fraction of sp³-hybridized carbons (Fsp3) is 0.231. The van der Waals surface area contributed by atoms with E-state index in [4.69, 9.17) is 11.6 Å². The molecule has 1 amide bonds. The summed E-state index contributed by atoms with van der Waals surface area (Å²) in [4.78, 5) is 17.9. The number of aliphatic hydroxyl groups excluding tert-OH is 1. The summed E-state index contributed by atoms with van der Waals surface area (Å²) < 4.78 is 0. The average molecular weight is 295 g/mol. The van der Waals surface area contributed by atoms with Crippen LogP contribution in [-0.4, -0.2) is 40.1 Å². The van der Waals surface area contributed by atoms with Gasteiger partial charge in [0.15, 0.2) is 0 Å². The summed E-state index contributed by atoms with van der Waals surface area (Å²) in [6, 6.07) is 7.41. The number of rotatable bonds is 2. The number of halogens is 1. The third kappa shape index (κ3) is 2.36. The molecule has 98 valence electrons. The predicted octanol–water partition coefficient (Wildman–Crippen LogP) is 2.28. The molecule has 19 heavy (non-hydrogen) atoms. The fourth-order valence-electron chi connectivity index (χ4n) is 1.91. The Hall–Kier alpha value is -1.43. The van der Waals surface area contributed by atoms with Crippen molar-refractivity contribution in [3.8, 4) is 10.6 Å². The highest BCUT2D eigenvalue weighted by Crippen LogP contribution is 2.30. The number of carbonyl (C=O) groups is 1. The summed E-state index contributed by atoms with van der Waals surface area (Å²) in [7, 11) is 0. The van der Waals surface area contributed by atoms with Gasteiger partial charge in [0.2, 0.25) is 0 Å². The van der Waals surface area contributed by atoms with Crippen LogP contribution in [-0.2, 0) is 0 Å². The van der Waals surface area contributed by atoms with Crippen molar-refractivity contribution >= 4 is 28.8 Å². The average Bonchev–Trinajstić information content (AvgIpc) is 2.84. The van der Waals surface area contributed by atoms with Crippen molar-refractivity contribution < 1.29 is 9.90 Å². The maximum Gasteiger partial charge on any atom is 0.273 e. The minimum absolute atomic E-state index is 0.139. The Labute approximate surface area is 119 Å². The maximum absolute atomic E-state index is 12.0. The standard InChI is InChI=1S/C13H11ClN2O2S/c14-10-4-2-1-3-9(10)12-15-11(7-19-12)13(18)16-5-8(17)6-16/h1-4,7-8,17H,5-6H2. The van der Waals surface area contributed by atoms with Crippen LogP contribution in [0.3, 0.4) is 0 Å². The first-order valence-electron chi connectivity index (χ1n) is 5.83. The van der Waals surface area contributed by atoms with E-state index in [1.54, 1.807) is 16.3 Å². The van der Waals surface area contributed by atoms with E-state index in [2.05, 4.69) is 4.98 Å². The van der Waals surface area contributed by atoms with Crippen LogP contribution in [0, 0.1) is 0 Å². The SMILES string of the molecule is O=C(c1csc(-c2ccccc2Cl)n1)N1CC(O)C1. The molecule has 6 heteroatoms. The van der Waals surface area contributed by atoms with E-state index in [0.29, 0.717) is 23.8 Å². The van der Waals surface area contributed by atoms with E-state index in [-0.39, 0.29) is 5.91 Å². The number of likely N-dealkylation sites (tertiary alicyclic amines) is 1. The van der Waals surface area contributed by atoms with Crippen molar-refractivity contribution in [2.24, 2.45) is 0 Å². The number of hydrogen-bond acceptors (Lipinski definition) is 4. The second-order valence-electron chi connectivity index (χ2n) is 4.38. The van der Waals surface area contributed by atoms with Crippen molar-refractivity contribution in [1.82, 2.24) is 9.88 Å². The number of aromatic nitrogens is 1. The highest BCUT2D eigenvalue weighted by Gasteiger charge is 2.30. The molecular weight excluding hydrogens is 284 g/mol. The lowest BCUT2D eigenvalue weighted by molar-refractivity contribution is 0.00556. The van der Waals surface area contributed by atoms with Gasteiger partial charge in [-0.15, -0.1) is 11.3 Å². The molecule has 1 N–H and O–H groups in total. The van der Waals surface area contributed by atoms with Gasteiger partial charge >= 0.3 is 0 Å². The van der Waals surface area contributed by atoms with Gasteiger partial charge < -0.3 is 10.0 Å². The molecule has 2 heterocycles. The Morgan fingerprint density at radius 1 is 1.42 bits per heavy atom. The van der Waals surface area contributed by atoms with Gasteiger partial charge in [-0.3, -0.25) is 4.79 Å². The number of benzene rings is 1. The van der Waals surface area contributed by atoms with Crippen LogP contribution in [0.1, 0.15) is 10.5 Å². The minimum atomic E-state index is -0.398. The van der Waals surface area contributed by atoms with Crippen molar-refractivity contribution in [1.29, 1.82) is 0 Å². The summed E-state index contributed by atoms with van der Waals surface area (Å²) in [6.45, 7) is 0.773. The molecule has 0 aliphatic carbocycles. The molecule has 0 radical (unpaired) electrons. The molecular formula is C13H11ClN2O2S. The van der Waals surface area contributed by atoms with Crippen LogP contribution < -0.4 is 0 Å². The van der Waals surface area contributed by atoms with E-state index >= 15 is 0 Å². The Balaban J connectivity index is 1.84. The maximum atomic E-state index is 12.0. The van der Waals surface area contributed by atoms with Gasteiger partial charge in [0.05, 0.1) is 11.1 Å². The van der Waals surface area contributed by atoms with Crippen LogP contribution >= 0.6 is 22.9 Å². The summed E-state index contributed by atoms with van der Waals surface area (Å²) in [6.07, 6.45) is -0.398. The van der Waals surface area contributed by atoms with Crippen molar-refractivity contribution in [2.75, 3.05) is 13.1 Å². The molecule has 1 aliphatic rings. The third-order valence-corrected chi connectivity index (χ3v) is 4.18. The number of amides is 1. The number of carbonyl (C=O) groups excluding carboxylic acids is 1. The van der Waals surface area contributed by atoms with Crippen LogP contribution in [0.4, 0.5) is 0 Å². The third-order valence-electron chi connectivity index (χ3n) is 2.98. The van der Waals surface area contributed by atoms with Gasteiger partial charge in [0.1, 0.15) is 10.7 Å². The van der Waals surface area contributed by atoms with Crippen molar-refractivity contribution in [2.45, 2.75) is 6.10 Å². The quantitative estimate of drug-likeness (QED) is 0.924. The van der Waals surface area contributed by atoms with Gasteiger partial charge in [-0.25, -0.2) is 4.98 Å². The Bertz CT molecular complexity index is 623. The fourth-order valence-corrected chi connectivity index (χ4v) is 3.03. The molecule has 1 aliphatic heterocycles. The molecule has 0 saturated carbocycles. The monoisotopic (exact) mass is 294 g/mol. The largest absolute Gasteiger partial charge is 0.389 e. The van der Waals surface area contributed by atoms with E-state index in [9.17, 15) is 9.90 Å². The lowest BCUT2D eigenvalue weighted by atomic mass is 10.1. The molecule has 0 bridgehead atoms. The first kappa shape index (κ1) is 12.6. The van der Waals surface area contributed by atoms with Crippen molar-refractivity contribution in [3.63, 3.8) is 0 Å². The normalized spacial score (nSPS) is 15.4. The van der Waals surface area contributed by atoms with E-state index < -0.39 is 6.10 Å². The number of β-amino-alcohol motifs (C(OH)–C–C–N with tert-alkyl or cyclic N) is 1. The zero-order valence-electron chi connectivity index (χ0n) is 9.91. The molecule has 1 aromatic carbocycles. The first-order chi connectivity index (χ1) is 9.15. The molecule has 0 atom stereocenters. The Morgan fingerprint density at radius 2 is 2.16 bits per heavy atom. The number of hydrogen-bond donors (Lipinski definition) is 1. The van der Waals surface area contributed by atoms with Crippen LogP contribution in [0.15, 0.2) is 29.6 Å². The van der Waals surface area contributed by atoms with E-state index in [1.807, 2.05) is 18.2 Å². The highest BCUT2D eigenvalue weighted by molar-refractivity contribution is 7.13.